The van der Waals surface area contributed by atoms with Gasteiger partial charge in [-0.2, -0.15) is 0 Å². The fourth-order valence-electron chi connectivity index (χ4n) is 1.95. The third kappa shape index (κ3) is 4.17. The second-order valence-corrected chi connectivity index (χ2v) is 4.46. The van der Waals surface area contributed by atoms with E-state index in [0.29, 0.717) is 13.0 Å². The van der Waals surface area contributed by atoms with Gasteiger partial charge in [0.2, 0.25) is 5.91 Å². The molecule has 6 nitrogen and oxygen atoms in total. The van der Waals surface area contributed by atoms with Crippen molar-refractivity contribution in [3.8, 4) is 5.75 Å². The van der Waals surface area contributed by atoms with Crippen molar-refractivity contribution in [2.75, 3.05) is 13.7 Å². The van der Waals surface area contributed by atoms with Crippen molar-refractivity contribution in [2.45, 2.75) is 13.0 Å². The van der Waals surface area contributed by atoms with Crippen molar-refractivity contribution < 1.29 is 9.53 Å². The molecule has 0 saturated carbocycles. The van der Waals surface area contributed by atoms with E-state index in [9.17, 15) is 9.59 Å². The number of ether oxygens (including phenoxy) is 1. The summed E-state index contributed by atoms with van der Waals surface area (Å²) in [4.78, 5) is 27.1. The molecule has 1 amide bonds. The van der Waals surface area contributed by atoms with Gasteiger partial charge in [-0.25, -0.2) is 4.98 Å². The van der Waals surface area contributed by atoms with E-state index in [-0.39, 0.29) is 18.0 Å². The maximum atomic E-state index is 11.8. The number of rotatable bonds is 6. The van der Waals surface area contributed by atoms with Gasteiger partial charge in [-0.05, 0) is 18.1 Å². The Bertz CT molecular complexity index is 667. The Hall–Kier alpha value is -2.63. The third-order valence-electron chi connectivity index (χ3n) is 3.02. The van der Waals surface area contributed by atoms with E-state index in [1.54, 1.807) is 7.11 Å². The number of aromatic nitrogens is 2. The highest BCUT2D eigenvalue weighted by molar-refractivity contribution is 5.75. The van der Waals surface area contributed by atoms with Crippen molar-refractivity contribution in [3.05, 3.63) is 58.8 Å². The molecule has 0 aliphatic carbocycles. The Kier molecular flexibility index (Phi) is 5.09. The second kappa shape index (κ2) is 7.23. The van der Waals surface area contributed by atoms with Gasteiger partial charge in [0.1, 0.15) is 12.3 Å². The van der Waals surface area contributed by atoms with Crippen LogP contribution in [-0.2, 0) is 17.8 Å². The first kappa shape index (κ1) is 14.8. The number of para-hydroxylation sites is 1. The number of hydrogen-bond donors (Lipinski definition) is 1. The Balaban J connectivity index is 1.85. The van der Waals surface area contributed by atoms with E-state index in [1.165, 1.54) is 23.2 Å². The quantitative estimate of drug-likeness (QED) is 0.845. The fraction of sp³-hybridized carbons (Fsp3) is 0.267. The van der Waals surface area contributed by atoms with Crippen LogP contribution in [0.1, 0.15) is 5.56 Å². The lowest BCUT2D eigenvalue weighted by Crippen LogP contribution is -2.33. The molecule has 0 bridgehead atoms. The lowest BCUT2D eigenvalue weighted by Gasteiger charge is -2.09. The van der Waals surface area contributed by atoms with E-state index in [1.807, 2.05) is 24.3 Å². The standard InChI is InChI=1S/C15H17N3O3/c1-21-13-5-3-2-4-12(13)6-9-17-14(19)10-18-11-16-8-7-15(18)20/h2-5,7-8,11H,6,9-10H2,1H3,(H,17,19). The highest BCUT2D eigenvalue weighted by atomic mass is 16.5. The number of amides is 1. The SMILES string of the molecule is COc1ccccc1CCNC(=O)Cn1cnccc1=O. The molecule has 1 aromatic carbocycles. The molecule has 0 fully saturated rings. The summed E-state index contributed by atoms with van der Waals surface area (Å²) in [5.74, 6) is 0.579. The third-order valence-corrected chi connectivity index (χ3v) is 3.02. The molecule has 2 rings (SSSR count). The molecule has 0 spiro atoms. The van der Waals surface area contributed by atoms with Crippen molar-refractivity contribution in [1.82, 2.24) is 14.9 Å². The Labute approximate surface area is 122 Å². The van der Waals surface area contributed by atoms with Gasteiger partial charge in [-0.15, -0.1) is 0 Å². The van der Waals surface area contributed by atoms with E-state index in [4.69, 9.17) is 4.74 Å². The van der Waals surface area contributed by atoms with Gasteiger partial charge in [0.15, 0.2) is 0 Å². The highest BCUT2D eigenvalue weighted by Gasteiger charge is 2.05. The van der Waals surface area contributed by atoms with Gasteiger partial charge in [0.05, 0.1) is 13.4 Å². The molecule has 0 unspecified atom stereocenters. The molecular formula is C15H17N3O3. The number of nitrogens with one attached hydrogen (secondary N) is 1. The molecule has 21 heavy (non-hydrogen) atoms. The van der Waals surface area contributed by atoms with E-state index >= 15 is 0 Å². The molecule has 0 saturated heterocycles. The summed E-state index contributed by atoms with van der Waals surface area (Å²) in [6.45, 7) is 0.451. The molecule has 1 N–H and O–H groups in total. The normalized spacial score (nSPS) is 10.1. The molecule has 0 aliphatic rings. The van der Waals surface area contributed by atoms with Crippen LogP contribution in [0.15, 0.2) is 47.7 Å². The van der Waals surface area contributed by atoms with Gasteiger partial charge >= 0.3 is 0 Å². The van der Waals surface area contributed by atoms with Crippen molar-refractivity contribution in [3.63, 3.8) is 0 Å². The van der Waals surface area contributed by atoms with Gasteiger partial charge in [0.25, 0.3) is 5.56 Å². The summed E-state index contributed by atoms with van der Waals surface area (Å²) in [5, 5.41) is 2.78. The lowest BCUT2D eigenvalue weighted by atomic mass is 10.1. The minimum Gasteiger partial charge on any atom is -0.496 e. The van der Waals surface area contributed by atoms with Crippen molar-refractivity contribution >= 4 is 5.91 Å². The van der Waals surface area contributed by atoms with Gasteiger partial charge in [0, 0.05) is 18.8 Å². The molecule has 0 radical (unpaired) electrons. The number of nitrogens with zero attached hydrogens (tertiary/aromatic N) is 2. The van der Waals surface area contributed by atoms with Crippen LogP contribution < -0.4 is 15.6 Å². The van der Waals surface area contributed by atoms with Crippen molar-refractivity contribution in [1.29, 1.82) is 0 Å². The maximum absolute atomic E-state index is 11.8. The predicted molar refractivity (Wildman–Crippen MR) is 78.2 cm³/mol. The van der Waals surface area contributed by atoms with Crippen LogP contribution in [0, 0.1) is 0 Å². The average molecular weight is 287 g/mol. The van der Waals surface area contributed by atoms with E-state index in [2.05, 4.69) is 10.3 Å². The summed E-state index contributed by atoms with van der Waals surface area (Å²) in [5.41, 5.74) is 0.781. The topological polar surface area (TPSA) is 73.2 Å². The Morgan fingerprint density at radius 1 is 1.33 bits per heavy atom. The zero-order valence-corrected chi connectivity index (χ0v) is 11.8. The second-order valence-electron chi connectivity index (χ2n) is 4.46. The summed E-state index contributed by atoms with van der Waals surface area (Å²) in [6, 6.07) is 8.98. The van der Waals surface area contributed by atoms with Crippen LogP contribution in [0.3, 0.4) is 0 Å². The van der Waals surface area contributed by atoms with Crippen LogP contribution in [0.4, 0.5) is 0 Å². The smallest absolute Gasteiger partial charge is 0.253 e. The number of carbonyl (C=O) groups excluding carboxylic acids is 1. The van der Waals surface area contributed by atoms with Gasteiger partial charge in [-0.1, -0.05) is 18.2 Å². The lowest BCUT2D eigenvalue weighted by molar-refractivity contribution is -0.121. The number of hydrogen-bond acceptors (Lipinski definition) is 4. The molecule has 0 atom stereocenters. The number of methoxy groups -OCH3 is 1. The van der Waals surface area contributed by atoms with Crippen LogP contribution in [0.2, 0.25) is 0 Å². The molecule has 1 aromatic heterocycles. The average Bonchev–Trinajstić information content (AvgIpc) is 2.50. The molecule has 1 heterocycles. The molecular weight excluding hydrogens is 270 g/mol. The maximum Gasteiger partial charge on any atom is 0.253 e. The zero-order chi connectivity index (χ0) is 15.1. The Morgan fingerprint density at radius 3 is 2.90 bits per heavy atom. The summed E-state index contributed by atoms with van der Waals surface area (Å²) < 4.78 is 6.51. The Morgan fingerprint density at radius 2 is 2.14 bits per heavy atom. The fourth-order valence-corrected chi connectivity index (χ4v) is 1.95. The minimum atomic E-state index is -0.245. The first-order valence-corrected chi connectivity index (χ1v) is 6.60. The molecule has 2 aromatic rings. The number of benzene rings is 1. The van der Waals surface area contributed by atoms with Crippen LogP contribution in [-0.4, -0.2) is 29.1 Å². The summed E-state index contributed by atoms with van der Waals surface area (Å²) in [7, 11) is 1.62. The van der Waals surface area contributed by atoms with Crippen LogP contribution in [0.5, 0.6) is 5.75 Å². The van der Waals surface area contributed by atoms with Crippen LogP contribution in [0.25, 0.3) is 0 Å². The van der Waals surface area contributed by atoms with Gasteiger partial charge < -0.3 is 10.1 Å². The minimum absolute atomic E-state index is 0.0292. The van der Waals surface area contributed by atoms with E-state index in [0.717, 1.165) is 11.3 Å². The predicted octanol–water partition coefficient (Wildman–Crippen LogP) is 0.611. The largest absolute Gasteiger partial charge is 0.496 e. The van der Waals surface area contributed by atoms with Crippen molar-refractivity contribution in [2.24, 2.45) is 0 Å². The monoisotopic (exact) mass is 287 g/mol. The van der Waals surface area contributed by atoms with Crippen LogP contribution >= 0.6 is 0 Å². The summed E-state index contributed by atoms with van der Waals surface area (Å²) in [6.07, 6.45) is 3.41. The first-order chi connectivity index (χ1) is 10.2. The summed E-state index contributed by atoms with van der Waals surface area (Å²) >= 11 is 0. The highest BCUT2D eigenvalue weighted by Crippen LogP contribution is 2.17. The first-order valence-electron chi connectivity index (χ1n) is 6.60. The molecule has 110 valence electrons. The van der Waals surface area contributed by atoms with E-state index < -0.39 is 0 Å². The molecule has 6 heteroatoms. The van der Waals surface area contributed by atoms with Gasteiger partial charge in [-0.3, -0.25) is 14.2 Å². The molecule has 0 aliphatic heterocycles. The number of carbonyl (C=O) groups is 1. The zero-order valence-electron chi connectivity index (χ0n) is 11.8.